The van der Waals surface area contributed by atoms with Crippen LogP contribution in [0.1, 0.15) is 29.9 Å². The number of likely N-dealkylation sites (tertiary alicyclic amines) is 1. The molecule has 1 saturated heterocycles. The van der Waals surface area contributed by atoms with E-state index < -0.39 is 0 Å². The molecule has 3 aromatic rings. The molecular weight excluding hydrogens is 350 g/mol. The van der Waals surface area contributed by atoms with Gasteiger partial charge in [-0.15, -0.1) is 0 Å². The Kier molecular flexibility index (Phi) is 5.63. The predicted octanol–water partition coefficient (Wildman–Crippen LogP) is 3.52. The van der Waals surface area contributed by atoms with Gasteiger partial charge >= 0.3 is 0 Å². The van der Waals surface area contributed by atoms with Crippen molar-refractivity contribution < 1.29 is 9.53 Å². The van der Waals surface area contributed by atoms with Gasteiger partial charge in [0.25, 0.3) is 0 Å². The number of carbonyl (C=O) groups excluding carboxylic acids is 1. The average Bonchev–Trinajstić information content (AvgIpc) is 3.39. The second-order valence-corrected chi connectivity index (χ2v) is 7.40. The minimum atomic E-state index is 0.0737. The third-order valence-electron chi connectivity index (χ3n) is 5.58. The van der Waals surface area contributed by atoms with Crippen LogP contribution in [-0.2, 0) is 4.79 Å². The molecule has 0 unspecified atom stereocenters. The molecule has 2 heterocycles. The number of ether oxygens (including phenoxy) is 1. The van der Waals surface area contributed by atoms with Gasteiger partial charge in [0.1, 0.15) is 5.75 Å². The van der Waals surface area contributed by atoms with Crippen LogP contribution in [0.5, 0.6) is 5.75 Å². The van der Waals surface area contributed by atoms with Gasteiger partial charge in [0.05, 0.1) is 13.7 Å². The zero-order chi connectivity index (χ0) is 19.3. The number of para-hydroxylation sites is 1. The first-order chi connectivity index (χ1) is 13.7. The van der Waals surface area contributed by atoms with E-state index in [-0.39, 0.29) is 11.8 Å². The number of aromatic amines is 1. The van der Waals surface area contributed by atoms with E-state index in [1.54, 1.807) is 7.11 Å². The van der Waals surface area contributed by atoms with Gasteiger partial charge in [0.2, 0.25) is 5.91 Å². The molecular formula is C23H27N3O2. The minimum absolute atomic E-state index is 0.0737. The number of aromatic nitrogens is 1. The first kappa shape index (κ1) is 18.6. The van der Waals surface area contributed by atoms with Crippen LogP contribution in [0.25, 0.3) is 10.9 Å². The van der Waals surface area contributed by atoms with Crippen molar-refractivity contribution in [3.8, 4) is 5.75 Å². The van der Waals surface area contributed by atoms with Gasteiger partial charge in [-0.2, -0.15) is 0 Å². The topological polar surface area (TPSA) is 57.4 Å². The molecule has 2 aromatic carbocycles. The Morgan fingerprint density at radius 2 is 1.89 bits per heavy atom. The smallest absolute Gasteiger partial charge is 0.234 e. The molecule has 1 amide bonds. The van der Waals surface area contributed by atoms with Crippen molar-refractivity contribution >= 4 is 16.8 Å². The fourth-order valence-corrected chi connectivity index (χ4v) is 4.04. The van der Waals surface area contributed by atoms with Gasteiger partial charge in [-0.25, -0.2) is 0 Å². The summed E-state index contributed by atoms with van der Waals surface area (Å²) in [6.07, 6.45) is 4.44. The highest BCUT2D eigenvalue weighted by atomic mass is 16.5. The fraction of sp³-hybridized carbons (Fsp3) is 0.348. The number of H-pyrrole nitrogens is 1. The van der Waals surface area contributed by atoms with E-state index in [0.29, 0.717) is 13.1 Å². The molecule has 1 aliphatic rings. The molecule has 0 aliphatic carbocycles. The maximum atomic E-state index is 12.5. The number of amides is 1. The molecule has 5 nitrogen and oxygen atoms in total. The number of hydrogen-bond donors (Lipinski definition) is 2. The maximum absolute atomic E-state index is 12.5. The predicted molar refractivity (Wildman–Crippen MR) is 112 cm³/mol. The van der Waals surface area contributed by atoms with Gasteiger partial charge in [-0.05, 0) is 55.3 Å². The molecule has 2 N–H and O–H groups in total. The van der Waals surface area contributed by atoms with Gasteiger partial charge in [0, 0.05) is 29.6 Å². The zero-order valence-corrected chi connectivity index (χ0v) is 16.3. The number of nitrogens with zero attached hydrogens (tertiary/aromatic N) is 1. The highest BCUT2D eigenvalue weighted by molar-refractivity contribution is 5.84. The fourth-order valence-electron chi connectivity index (χ4n) is 4.04. The Morgan fingerprint density at radius 1 is 1.14 bits per heavy atom. The highest BCUT2D eigenvalue weighted by Gasteiger charge is 2.20. The molecule has 5 heteroatoms. The van der Waals surface area contributed by atoms with Crippen LogP contribution in [0.15, 0.2) is 54.7 Å². The number of benzene rings is 2. The van der Waals surface area contributed by atoms with E-state index in [1.807, 2.05) is 18.2 Å². The van der Waals surface area contributed by atoms with Crippen molar-refractivity contribution in [3.63, 3.8) is 0 Å². The molecule has 4 rings (SSSR count). The van der Waals surface area contributed by atoms with Gasteiger partial charge in [0.15, 0.2) is 0 Å². The van der Waals surface area contributed by atoms with Crippen molar-refractivity contribution in [2.45, 2.75) is 18.8 Å². The van der Waals surface area contributed by atoms with Crippen LogP contribution in [0, 0.1) is 0 Å². The molecule has 146 valence electrons. The van der Waals surface area contributed by atoms with Crippen molar-refractivity contribution in [2.24, 2.45) is 0 Å². The third-order valence-corrected chi connectivity index (χ3v) is 5.58. The summed E-state index contributed by atoms with van der Waals surface area (Å²) in [5.74, 6) is 1.00. The lowest BCUT2D eigenvalue weighted by molar-refractivity contribution is -0.122. The largest absolute Gasteiger partial charge is 0.497 e. The molecule has 1 aliphatic heterocycles. The standard InChI is InChI=1S/C23H27N3O2/c1-28-18-10-8-17(9-11-18)20(14-25-23(27)16-26-12-4-5-13-26)21-15-24-22-7-3-2-6-19(21)22/h2-3,6-11,15,20,24H,4-5,12-14,16H2,1H3,(H,25,27)/t20-/m0/s1. The van der Waals surface area contributed by atoms with E-state index >= 15 is 0 Å². The number of hydrogen-bond acceptors (Lipinski definition) is 3. The summed E-state index contributed by atoms with van der Waals surface area (Å²) >= 11 is 0. The van der Waals surface area contributed by atoms with E-state index in [4.69, 9.17) is 4.74 Å². The Balaban J connectivity index is 1.56. The molecule has 0 spiro atoms. The quantitative estimate of drug-likeness (QED) is 0.662. The lowest BCUT2D eigenvalue weighted by atomic mass is 9.90. The Bertz CT molecular complexity index is 926. The summed E-state index contributed by atoms with van der Waals surface area (Å²) in [4.78, 5) is 18.1. The van der Waals surface area contributed by atoms with E-state index in [2.05, 4.69) is 51.7 Å². The van der Waals surface area contributed by atoms with Crippen LogP contribution < -0.4 is 10.1 Å². The highest BCUT2D eigenvalue weighted by Crippen LogP contribution is 2.31. The number of fused-ring (bicyclic) bond motifs is 1. The summed E-state index contributed by atoms with van der Waals surface area (Å²) in [5, 5.41) is 4.36. The minimum Gasteiger partial charge on any atom is -0.497 e. The van der Waals surface area contributed by atoms with Crippen molar-refractivity contribution in [1.82, 2.24) is 15.2 Å². The zero-order valence-electron chi connectivity index (χ0n) is 16.3. The van der Waals surface area contributed by atoms with Gasteiger partial charge in [-0.3, -0.25) is 9.69 Å². The van der Waals surface area contributed by atoms with Gasteiger partial charge < -0.3 is 15.0 Å². The number of methoxy groups -OCH3 is 1. The number of rotatable bonds is 7. The molecule has 1 atom stereocenters. The molecule has 1 fully saturated rings. The monoisotopic (exact) mass is 377 g/mol. The SMILES string of the molecule is COc1ccc([C@H](CNC(=O)CN2CCCC2)c2c[nH]c3ccccc23)cc1. The van der Waals surface area contributed by atoms with Crippen LogP contribution in [0.3, 0.4) is 0 Å². The average molecular weight is 377 g/mol. The van der Waals surface area contributed by atoms with E-state index in [9.17, 15) is 4.79 Å². The molecule has 0 saturated carbocycles. The molecule has 28 heavy (non-hydrogen) atoms. The lowest BCUT2D eigenvalue weighted by Crippen LogP contribution is -2.37. The third kappa shape index (κ3) is 4.04. The van der Waals surface area contributed by atoms with E-state index in [0.717, 1.165) is 29.9 Å². The van der Waals surface area contributed by atoms with Crippen molar-refractivity contribution in [1.29, 1.82) is 0 Å². The van der Waals surface area contributed by atoms with Crippen LogP contribution in [-0.4, -0.2) is 49.1 Å². The first-order valence-corrected chi connectivity index (χ1v) is 9.93. The van der Waals surface area contributed by atoms with Crippen molar-refractivity contribution in [3.05, 3.63) is 65.9 Å². The van der Waals surface area contributed by atoms with Crippen molar-refractivity contribution in [2.75, 3.05) is 33.3 Å². The molecule has 0 bridgehead atoms. The Labute approximate surface area is 165 Å². The lowest BCUT2D eigenvalue weighted by Gasteiger charge is -2.20. The molecule has 1 aromatic heterocycles. The normalized spacial score (nSPS) is 15.6. The Hall–Kier alpha value is -2.79. The second-order valence-electron chi connectivity index (χ2n) is 7.40. The summed E-state index contributed by atoms with van der Waals surface area (Å²) in [7, 11) is 1.67. The Morgan fingerprint density at radius 3 is 2.64 bits per heavy atom. The van der Waals surface area contributed by atoms with Crippen LogP contribution in [0.2, 0.25) is 0 Å². The maximum Gasteiger partial charge on any atom is 0.234 e. The van der Waals surface area contributed by atoms with E-state index in [1.165, 1.54) is 23.8 Å². The van der Waals surface area contributed by atoms with Crippen LogP contribution >= 0.6 is 0 Å². The first-order valence-electron chi connectivity index (χ1n) is 9.93. The number of nitrogens with one attached hydrogen (secondary N) is 2. The number of carbonyl (C=O) groups is 1. The second kappa shape index (κ2) is 8.48. The summed E-state index contributed by atoms with van der Waals surface area (Å²) in [5.41, 5.74) is 3.47. The van der Waals surface area contributed by atoms with Crippen LogP contribution in [0.4, 0.5) is 0 Å². The summed E-state index contributed by atoms with van der Waals surface area (Å²) < 4.78 is 5.30. The summed E-state index contributed by atoms with van der Waals surface area (Å²) in [6.45, 7) is 3.11. The molecule has 0 radical (unpaired) electrons. The van der Waals surface area contributed by atoms with Gasteiger partial charge in [-0.1, -0.05) is 30.3 Å². The summed E-state index contributed by atoms with van der Waals surface area (Å²) in [6, 6.07) is 16.4.